The highest BCUT2D eigenvalue weighted by Crippen LogP contribution is 2.32. The molecular weight excluding hydrogens is 260 g/mol. The molecule has 108 valence electrons. The van der Waals surface area contributed by atoms with Crippen molar-refractivity contribution in [2.45, 2.75) is 25.8 Å². The summed E-state index contributed by atoms with van der Waals surface area (Å²) >= 11 is 0. The lowest BCUT2D eigenvalue weighted by molar-refractivity contribution is 0.257. The molecule has 1 saturated heterocycles. The van der Waals surface area contributed by atoms with Crippen LogP contribution >= 0.6 is 0 Å². The fraction of sp³-hybridized carbons (Fsp3) is 0.389. The number of nitrogens with one attached hydrogen (secondary N) is 1. The number of piperidine rings is 1. The molecule has 3 nitrogen and oxygen atoms in total. The highest BCUT2D eigenvalue weighted by Gasteiger charge is 2.31. The molecule has 3 heterocycles. The number of hydrogen-bond donors (Lipinski definition) is 1. The third-order valence-electron chi connectivity index (χ3n) is 4.87. The van der Waals surface area contributed by atoms with Gasteiger partial charge in [0, 0.05) is 30.3 Å². The average molecular weight is 280 g/mol. The molecule has 1 fully saturated rings. The molecular formula is C18H20N2O. The molecule has 0 unspecified atom stereocenters. The van der Waals surface area contributed by atoms with Gasteiger partial charge in [0.2, 0.25) is 0 Å². The molecule has 0 saturated carbocycles. The fourth-order valence-electron chi connectivity index (χ4n) is 3.74. The van der Waals surface area contributed by atoms with Crippen molar-refractivity contribution in [1.29, 1.82) is 0 Å². The predicted octanol–water partition coefficient (Wildman–Crippen LogP) is 2.53. The van der Waals surface area contributed by atoms with Gasteiger partial charge in [0.1, 0.15) is 0 Å². The van der Waals surface area contributed by atoms with Crippen molar-refractivity contribution in [3.05, 3.63) is 58.0 Å². The molecule has 2 aliphatic heterocycles. The van der Waals surface area contributed by atoms with Crippen LogP contribution in [0.1, 0.15) is 23.6 Å². The Hall–Kier alpha value is -1.87. The van der Waals surface area contributed by atoms with Crippen LogP contribution in [0.5, 0.6) is 0 Å². The van der Waals surface area contributed by atoms with E-state index in [1.807, 2.05) is 22.8 Å². The second-order valence-electron chi connectivity index (χ2n) is 6.41. The summed E-state index contributed by atoms with van der Waals surface area (Å²) in [6.07, 6.45) is 1.22. The van der Waals surface area contributed by atoms with Gasteiger partial charge in [-0.2, -0.15) is 0 Å². The van der Waals surface area contributed by atoms with Crippen molar-refractivity contribution in [2.24, 2.45) is 5.92 Å². The molecule has 2 aliphatic rings. The topological polar surface area (TPSA) is 34.0 Å². The van der Waals surface area contributed by atoms with E-state index in [4.69, 9.17) is 0 Å². The van der Waals surface area contributed by atoms with Gasteiger partial charge in [0.25, 0.3) is 5.56 Å². The quantitative estimate of drug-likeness (QED) is 0.871. The van der Waals surface area contributed by atoms with E-state index < -0.39 is 0 Å². The molecule has 2 bridgehead atoms. The number of aromatic nitrogens is 1. The normalized spacial score (nSPS) is 23.7. The van der Waals surface area contributed by atoms with E-state index in [-0.39, 0.29) is 5.56 Å². The van der Waals surface area contributed by atoms with Crippen LogP contribution in [-0.4, -0.2) is 17.7 Å². The highest BCUT2D eigenvalue weighted by molar-refractivity contribution is 5.63. The number of pyridine rings is 1. The lowest BCUT2D eigenvalue weighted by Gasteiger charge is -2.37. The van der Waals surface area contributed by atoms with Crippen LogP contribution < -0.4 is 10.9 Å². The summed E-state index contributed by atoms with van der Waals surface area (Å²) < 4.78 is 2.02. The molecule has 1 N–H and O–H groups in total. The molecule has 2 aromatic rings. The lowest BCUT2D eigenvalue weighted by Crippen LogP contribution is -2.45. The van der Waals surface area contributed by atoms with Gasteiger partial charge in [-0.25, -0.2) is 0 Å². The van der Waals surface area contributed by atoms with E-state index in [2.05, 4.69) is 30.4 Å². The minimum Gasteiger partial charge on any atom is -0.316 e. The van der Waals surface area contributed by atoms with E-state index in [1.54, 1.807) is 0 Å². The number of fused-ring (bicyclic) bond motifs is 4. The van der Waals surface area contributed by atoms with Gasteiger partial charge in [-0.3, -0.25) is 4.79 Å². The van der Waals surface area contributed by atoms with E-state index in [0.29, 0.717) is 11.8 Å². The number of benzene rings is 1. The molecule has 0 amide bonds. The Labute approximate surface area is 124 Å². The molecule has 2 atom stereocenters. The predicted molar refractivity (Wildman–Crippen MR) is 84.6 cm³/mol. The van der Waals surface area contributed by atoms with E-state index in [0.717, 1.165) is 30.8 Å². The zero-order valence-corrected chi connectivity index (χ0v) is 12.3. The summed E-state index contributed by atoms with van der Waals surface area (Å²) in [6.45, 7) is 4.96. The molecule has 1 aromatic heterocycles. The highest BCUT2D eigenvalue weighted by atomic mass is 16.1. The molecule has 21 heavy (non-hydrogen) atoms. The second kappa shape index (κ2) is 4.85. The maximum Gasteiger partial charge on any atom is 0.258 e. The van der Waals surface area contributed by atoms with Gasteiger partial charge >= 0.3 is 0 Å². The molecule has 1 aromatic carbocycles. The number of nitrogens with zero attached hydrogens (tertiary/aromatic N) is 1. The van der Waals surface area contributed by atoms with Crippen LogP contribution in [0.15, 0.2) is 41.2 Å². The Kier molecular flexibility index (Phi) is 2.96. The number of rotatable bonds is 1. The summed E-state index contributed by atoms with van der Waals surface area (Å²) in [5.74, 6) is 1.10. The van der Waals surface area contributed by atoms with Crippen LogP contribution in [0, 0.1) is 12.8 Å². The van der Waals surface area contributed by atoms with Gasteiger partial charge in [-0.1, -0.05) is 29.8 Å². The van der Waals surface area contributed by atoms with Crippen molar-refractivity contribution >= 4 is 0 Å². The summed E-state index contributed by atoms with van der Waals surface area (Å²) in [6, 6.07) is 12.4. The largest absolute Gasteiger partial charge is 0.316 e. The zero-order valence-electron chi connectivity index (χ0n) is 12.3. The van der Waals surface area contributed by atoms with Gasteiger partial charge in [-0.15, -0.1) is 0 Å². The third-order valence-corrected chi connectivity index (χ3v) is 4.87. The Morgan fingerprint density at radius 2 is 1.90 bits per heavy atom. The van der Waals surface area contributed by atoms with Crippen LogP contribution in [0.2, 0.25) is 0 Å². The van der Waals surface area contributed by atoms with Crippen LogP contribution in [0.4, 0.5) is 0 Å². The van der Waals surface area contributed by atoms with E-state index in [1.165, 1.54) is 17.7 Å². The molecule has 4 rings (SSSR count). The van der Waals surface area contributed by atoms with Crippen LogP contribution in [0.3, 0.4) is 0 Å². The van der Waals surface area contributed by atoms with Crippen LogP contribution in [-0.2, 0) is 6.54 Å². The van der Waals surface area contributed by atoms with Crippen molar-refractivity contribution in [3.63, 3.8) is 0 Å². The first-order valence-corrected chi connectivity index (χ1v) is 7.74. The first kappa shape index (κ1) is 12.8. The molecule has 0 radical (unpaired) electrons. The number of aryl methyl sites for hydroxylation is 1. The van der Waals surface area contributed by atoms with Crippen molar-refractivity contribution in [2.75, 3.05) is 13.1 Å². The van der Waals surface area contributed by atoms with Gasteiger partial charge in [-0.05, 0) is 43.5 Å². The minimum absolute atomic E-state index is 0.174. The summed E-state index contributed by atoms with van der Waals surface area (Å²) in [4.78, 5) is 12.9. The second-order valence-corrected chi connectivity index (χ2v) is 6.41. The van der Waals surface area contributed by atoms with E-state index >= 15 is 0 Å². The molecule has 3 heteroatoms. The van der Waals surface area contributed by atoms with Crippen LogP contribution in [0.25, 0.3) is 11.1 Å². The first-order valence-electron chi connectivity index (χ1n) is 7.74. The van der Waals surface area contributed by atoms with E-state index in [9.17, 15) is 4.79 Å². The zero-order chi connectivity index (χ0) is 14.4. The third kappa shape index (κ3) is 2.12. The SMILES string of the molecule is Cc1ccc(-c2ccc3n(c2=O)C[C@@H]2CNC[C@H]3C2)cc1. The maximum atomic E-state index is 12.9. The van der Waals surface area contributed by atoms with Gasteiger partial charge < -0.3 is 9.88 Å². The summed E-state index contributed by atoms with van der Waals surface area (Å²) in [7, 11) is 0. The summed E-state index contributed by atoms with van der Waals surface area (Å²) in [5.41, 5.74) is 4.45. The maximum absolute atomic E-state index is 12.9. The fourth-order valence-corrected chi connectivity index (χ4v) is 3.74. The van der Waals surface area contributed by atoms with Crippen molar-refractivity contribution in [1.82, 2.24) is 9.88 Å². The Morgan fingerprint density at radius 1 is 1.10 bits per heavy atom. The monoisotopic (exact) mass is 280 g/mol. The molecule has 0 spiro atoms. The summed E-state index contributed by atoms with van der Waals surface area (Å²) in [5, 5.41) is 3.48. The Balaban J connectivity index is 1.83. The van der Waals surface area contributed by atoms with Crippen molar-refractivity contribution < 1.29 is 0 Å². The average Bonchev–Trinajstić information content (AvgIpc) is 2.50. The Bertz CT molecular complexity index is 730. The standard InChI is InChI=1S/C18H20N2O/c1-12-2-4-14(5-3-12)16-6-7-17-15-8-13(9-19-10-15)11-20(17)18(16)21/h2-7,13,15,19H,8-11H2,1H3/t13-,15+/m0/s1. The van der Waals surface area contributed by atoms with Gasteiger partial charge in [0.05, 0.1) is 0 Å². The first-order chi connectivity index (χ1) is 10.2. The molecule has 0 aliphatic carbocycles. The minimum atomic E-state index is 0.174. The van der Waals surface area contributed by atoms with Crippen molar-refractivity contribution in [3.8, 4) is 11.1 Å². The lowest BCUT2D eigenvalue weighted by atomic mass is 9.84. The Morgan fingerprint density at radius 3 is 2.71 bits per heavy atom. The smallest absolute Gasteiger partial charge is 0.258 e. The number of hydrogen-bond acceptors (Lipinski definition) is 2. The van der Waals surface area contributed by atoms with Gasteiger partial charge in [0.15, 0.2) is 0 Å².